The molecule has 26 heavy (non-hydrogen) atoms. The molecule has 1 aromatic rings. The Bertz CT molecular complexity index is 650. The van der Waals surface area contributed by atoms with E-state index >= 15 is 0 Å². The number of hydrogen-bond acceptors (Lipinski definition) is 6. The van der Waals surface area contributed by atoms with Gasteiger partial charge in [-0.25, -0.2) is 13.1 Å². The topological polar surface area (TPSA) is 88.5 Å². The van der Waals surface area contributed by atoms with Crippen LogP contribution in [-0.4, -0.2) is 81.8 Å². The minimum absolute atomic E-state index is 0. The Morgan fingerprint density at radius 2 is 2.04 bits per heavy atom. The maximum absolute atomic E-state index is 13.3. The van der Waals surface area contributed by atoms with Gasteiger partial charge in [0.15, 0.2) is 0 Å². The van der Waals surface area contributed by atoms with Crippen LogP contribution in [0.1, 0.15) is 0 Å². The molecule has 1 fully saturated rings. The summed E-state index contributed by atoms with van der Waals surface area (Å²) in [6, 6.07) is -1.87. The SMILES string of the molecule is COCCn1cc(S(=O)(=O)NCC(N2CCNCC2)C(F)(F)F)cn1.Cl. The molecule has 152 valence electrons. The molecule has 0 aliphatic carbocycles. The van der Waals surface area contributed by atoms with Crippen LogP contribution < -0.4 is 10.0 Å². The van der Waals surface area contributed by atoms with Crippen molar-refractivity contribution < 1.29 is 26.3 Å². The summed E-state index contributed by atoms with van der Waals surface area (Å²) >= 11 is 0. The average Bonchev–Trinajstić information content (AvgIpc) is 3.02. The monoisotopic (exact) mass is 421 g/mol. The van der Waals surface area contributed by atoms with Gasteiger partial charge in [0.05, 0.1) is 19.3 Å². The first-order valence-electron chi connectivity index (χ1n) is 7.76. The van der Waals surface area contributed by atoms with Gasteiger partial charge in [-0.1, -0.05) is 0 Å². The molecule has 0 aromatic carbocycles. The van der Waals surface area contributed by atoms with E-state index in [1.807, 2.05) is 0 Å². The molecule has 0 amide bonds. The van der Waals surface area contributed by atoms with Crippen LogP contribution in [-0.2, 0) is 21.3 Å². The third kappa shape index (κ3) is 6.35. The highest BCUT2D eigenvalue weighted by molar-refractivity contribution is 7.89. The Labute approximate surface area is 156 Å². The van der Waals surface area contributed by atoms with Gasteiger partial charge in [0.1, 0.15) is 10.9 Å². The summed E-state index contributed by atoms with van der Waals surface area (Å²) in [6.45, 7) is 1.24. The summed E-state index contributed by atoms with van der Waals surface area (Å²) in [4.78, 5) is 1.06. The van der Waals surface area contributed by atoms with E-state index in [2.05, 4.69) is 15.1 Å². The van der Waals surface area contributed by atoms with Crippen LogP contribution >= 0.6 is 12.4 Å². The molecule has 2 rings (SSSR count). The van der Waals surface area contributed by atoms with E-state index in [-0.39, 0.29) is 30.4 Å². The molecular weight excluding hydrogens is 399 g/mol. The van der Waals surface area contributed by atoms with Gasteiger partial charge >= 0.3 is 6.18 Å². The Kier molecular flexibility index (Phi) is 8.76. The number of aromatic nitrogens is 2. The number of nitrogens with zero attached hydrogens (tertiary/aromatic N) is 3. The largest absolute Gasteiger partial charge is 0.405 e. The molecule has 1 aromatic heterocycles. The molecule has 1 aliphatic heterocycles. The maximum atomic E-state index is 13.3. The first-order chi connectivity index (χ1) is 11.7. The number of halogens is 4. The lowest BCUT2D eigenvalue weighted by Gasteiger charge is -2.35. The van der Waals surface area contributed by atoms with Gasteiger partial charge in [-0.2, -0.15) is 18.3 Å². The van der Waals surface area contributed by atoms with Crippen molar-refractivity contribution in [1.29, 1.82) is 0 Å². The second-order valence-electron chi connectivity index (χ2n) is 5.63. The van der Waals surface area contributed by atoms with Crippen molar-refractivity contribution >= 4 is 22.4 Å². The molecule has 2 N–H and O–H groups in total. The fourth-order valence-electron chi connectivity index (χ4n) is 2.51. The van der Waals surface area contributed by atoms with Gasteiger partial charge in [-0.3, -0.25) is 9.58 Å². The van der Waals surface area contributed by atoms with E-state index in [0.717, 1.165) is 6.20 Å². The van der Waals surface area contributed by atoms with Crippen LogP contribution in [0.5, 0.6) is 0 Å². The van der Waals surface area contributed by atoms with Gasteiger partial charge in [0, 0.05) is 46.0 Å². The van der Waals surface area contributed by atoms with Gasteiger partial charge in [0.25, 0.3) is 0 Å². The lowest BCUT2D eigenvalue weighted by molar-refractivity contribution is -0.182. The summed E-state index contributed by atoms with van der Waals surface area (Å²) in [6.07, 6.45) is -2.16. The number of methoxy groups -OCH3 is 1. The summed E-state index contributed by atoms with van der Waals surface area (Å²) in [5.41, 5.74) is 0. The highest BCUT2D eigenvalue weighted by Crippen LogP contribution is 2.25. The van der Waals surface area contributed by atoms with Crippen molar-refractivity contribution in [1.82, 2.24) is 24.7 Å². The highest BCUT2D eigenvalue weighted by atomic mass is 35.5. The lowest BCUT2D eigenvalue weighted by Crippen LogP contribution is -2.57. The predicted molar refractivity (Wildman–Crippen MR) is 90.8 cm³/mol. The minimum Gasteiger partial charge on any atom is -0.383 e. The normalized spacial score (nSPS) is 17.7. The van der Waals surface area contributed by atoms with Crippen LogP contribution in [0.4, 0.5) is 13.2 Å². The second-order valence-corrected chi connectivity index (χ2v) is 7.39. The van der Waals surface area contributed by atoms with Crippen molar-refractivity contribution in [3.05, 3.63) is 12.4 Å². The summed E-state index contributed by atoms with van der Waals surface area (Å²) in [7, 11) is -2.58. The van der Waals surface area contributed by atoms with E-state index in [9.17, 15) is 21.6 Å². The molecule has 8 nitrogen and oxygen atoms in total. The van der Waals surface area contributed by atoms with E-state index in [1.54, 1.807) is 0 Å². The van der Waals surface area contributed by atoms with Crippen LogP contribution in [0.15, 0.2) is 17.3 Å². The molecule has 0 saturated carbocycles. The number of piperazine rings is 1. The first kappa shape index (κ1) is 23.1. The minimum atomic E-state index is -4.53. The van der Waals surface area contributed by atoms with Gasteiger partial charge in [-0.05, 0) is 0 Å². The highest BCUT2D eigenvalue weighted by Gasteiger charge is 2.44. The molecule has 0 spiro atoms. The molecule has 2 heterocycles. The molecule has 0 bridgehead atoms. The van der Waals surface area contributed by atoms with Crippen molar-refractivity contribution in [3.8, 4) is 0 Å². The molecule has 1 unspecified atom stereocenters. The number of ether oxygens (including phenoxy) is 1. The smallest absolute Gasteiger partial charge is 0.383 e. The molecule has 1 aliphatic rings. The van der Waals surface area contributed by atoms with Gasteiger partial charge in [0.2, 0.25) is 10.0 Å². The third-order valence-electron chi connectivity index (χ3n) is 3.88. The number of rotatable bonds is 8. The number of hydrogen-bond donors (Lipinski definition) is 2. The fraction of sp³-hybridized carbons (Fsp3) is 0.769. The molecule has 0 radical (unpaired) electrons. The number of alkyl halides is 3. The standard InChI is InChI=1S/C13H22F3N5O3S.ClH/c1-24-7-6-21-10-11(8-18-21)25(22,23)19-9-12(13(14,15)16)20-4-2-17-3-5-20;/h8,10,12,17,19H,2-7,9H2,1H3;1H. The zero-order valence-electron chi connectivity index (χ0n) is 14.2. The van der Waals surface area contributed by atoms with E-state index in [0.29, 0.717) is 26.2 Å². The summed E-state index contributed by atoms with van der Waals surface area (Å²) in [5, 5.41) is 6.83. The zero-order valence-corrected chi connectivity index (χ0v) is 15.8. The van der Waals surface area contributed by atoms with Gasteiger partial charge in [-0.15, -0.1) is 12.4 Å². The molecule has 1 saturated heterocycles. The number of nitrogens with one attached hydrogen (secondary N) is 2. The van der Waals surface area contributed by atoms with Crippen molar-refractivity contribution in [2.75, 3.05) is 46.4 Å². The van der Waals surface area contributed by atoms with Crippen LogP contribution in [0, 0.1) is 0 Å². The van der Waals surface area contributed by atoms with Gasteiger partial charge < -0.3 is 10.1 Å². The van der Waals surface area contributed by atoms with Crippen molar-refractivity contribution in [2.45, 2.75) is 23.7 Å². The third-order valence-corrected chi connectivity index (χ3v) is 5.26. The van der Waals surface area contributed by atoms with E-state index in [1.165, 1.54) is 22.9 Å². The Morgan fingerprint density at radius 1 is 1.38 bits per heavy atom. The Morgan fingerprint density at radius 3 is 2.62 bits per heavy atom. The summed E-state index contributed by atoms with van der Waals surface area (Å²) < 4.78 is 72.6. The Balaban J connectivity index is 0.00000338. The predicted octanol–water partition coefficient (Wildman–Crippen LogP) is 0.0657. The zero-order chi connectivity index (χ0) is 18.5. The van der Waals surface area contributed by atoms with Crippen molar-refractivity contribution in [3.63, 3.8) is 0 Å². The van der Waals surface area contributed by atoms with Crippen LogP contribution in [0.2, 0.25) is 0 Å². The van der Waals surface area contributed by atoms with Crippen molar-refractivity contribution in [2.24, 2.45) is 0 Å². The van der Waals surface area contributed by atoms with Crippen LogP contribution in [0.25, 0.3) is 0 Å². The van der Waals surface area contributed by atoms with Crippen LogP contribution in [0.3, 0.4) is 0 Å². The average molecular weight is 422 g/mol. The maximum Gasteiger partial charge on any atom is 0.405 e. The van der Waals surface area contributed by atoms with E-state index < -0.39 is 28.8 Å². The molecule has 13 heteroatoms. The fourth-order valence-corrected chi connectivity index (χ4v) is 3.50. The number of sulfonamides is 1. The Hall–Kier alpha value is -0.920. The first-order valence-corrected chi connectivity index (χ1v) is 9.25. The van der Waals surface area contributed by atoms with E-state index in [4.69, 9.17) is 4.74 Å². The summed E-state index contributed by atoms with van der Waals surface area (Å²) in [5.74, 6) is 0. The lowest BCUT2D eigenvalue weighted by atomic mass is 10.2. The molecule has 1 atom stereocenters. The quantitative estimate of drug-likeness (QED) is 0.617. The molecular formula is C13H23ClF3N5O3S. The second kappa shape index (κ2) is 9.85.